The molecule has 0 spiro atoms. The number of rotatable bonds is 0. The van der Waals surface area contributed by atoms with Crippen LogP contribution < -0.4 is 5.73 Å². The summed E-state index contributed by atoms with van der Waals surface area (Å²) in [4.78, 5) is 0. The summed E-state index contributed by atoms with van der Waals surface area (Å²) in [6.07, 6.45) is 3.39. The molecule has 0 unspecified atom stereocenters. The molecule has 4 atom stereocenters. The average Bonchev–Trinajstić information content (AvgIpc) is 2.44. The number of hydrogen-bond acceptors (Lipinski definition) is 2. The molecule has 2 fully saturated rings. The van der Waals surface area contributed by atoms with Gasteiger partial charge in [-0.15, -0.1) is 12.4 Å². The minimum absolute atomic E-state index is 0. The van der Waals surface area contributed by atoms with Crippen molar-refractivity contribution in [3.63, 3.8) is 0 Å². The van der Waals surface area contributed by atoms with Crippen LogP contribution in [0.4, 0.5) is 0 Å². The van der Waals surface area contributed by atoms with Gasteiger partial charge in [-0.25, -0.2) is 0 Å². The fourth-order valence-electron chi connectivity index (χ4n) is 2.48. The van der Waals surface area contributed by atoms with E-state index in [1.165, 1.54) is 6.42 Å². The van der Waals surface area contributed by atoms with E-state index >= 15 is 0 Å². The molecule has 2 saturated carbocycles. The van der Waals surface area contributed by atoms with Crippen molar-refractivity contribution in [3.8, 4) is 6.07 Å². The van der Waals surface area contributed by atoms with Crippen molar-refractivity contribution in [1.82, 2.24) is 0 Å². The Kier molecular flexibility index (Phi) is 2.41. The van der Waals surface area contributed by atoms with Gasteiger partial charge >= 0.3 is 0 Å². The van der Waals surface area contributed by atoms with Crippen LogP contribution in [0.1, 0.15) is 19.3 Å². The van der Waals surface area contributed by atoms with E-state index in [0.717, 1.165) is 12.8 Å². The standard InChI is InChI=1S/C8H12N2.ClH/c9-4-7-2-6-1-5(7)3-8(6)10;/h5-8H,1-3,10H2;1H/t5-,6-,7-,8+;/m0./s1. The Morgan fingerprint density at radius 3 is 2.27 bits per heavy atom. The quantitative estimate of drug-likeness (QED) is 0.599. The first-order chi connectivity index (χ1) is 4.81. The summed E-state index contributed by atoms with van der Waals surface area (Å²) in [7, 11) is 0. The van der Waals surface area contributed by atoms with Gasteiger partial charge in [0.25, 0.3) is 0 Å². The van der Waals surface area contributed by atoms with E-state index < -0.39 is 0 Å². The van der Waals surface area contributed by atoms with E-state index in [1.807, 2.05) is 0 Å². The summed E-state index contributed by atoms with van der Waals surface area (Å²) >= 11 is 0. The van der Waals surface area contributed by atoms with E-state index in [9.17, 15) is 0 Å². The maximum absolute atomic E-state index is 8.68. The number of nitrogens with two attached hydrogens (primary N) is 1. The van der Waals surface area contributed by atoms with Crippen LogP contribution in [0, 0.1) is 29.1 Å². The Bertz CT molecular complexity index is 185. The zero-order valence-electron chi connectivity index (χ0n) is 6.36. The Hall–Kier alpha value is -0.260. The summed E-state index contributed by atoms with van der Waals surface area (Å²) in [5.74, 6) is 1.66. The third-order valence-corrected chi connectivity index (χ3v) is 3.08. The molecular formula is C8H13ClN2. The Morgan fingerprint density at radius 2 is 1.91 bits per heavy atom. The predicted octanol–water partition coefficient (Wildman–Crippen LogP) is 1.31. The maximum Gasteiger partial charge on any atom is 0.0658 e. The Morgan fingerprint density at radius 1 is 1.18 bits per heavy atom. The molecule has 3 heteroatoms. The topological polar surface area (TPSA) is 49.8 Å². The highest BCUT2D eigenvalue weighted by Crippen LogP contribution is 2.47. The van der Waals surface area contributed by atoms with Crippen molar-refractivity contribution in [2.24, 2.45) is 23.5 Å². The summed E-state index contributed by atoms with van der Waals surface area (Å²) in [6, 6.07) is 2.77. The van der Waals surface area contributed by atoms with Gasteiger partial charge in [0.05, 0.1) is 6.07 Å². The molecule has 2 aliphatic carbocycles. The SMILES string of the molecule is Cl.N#C[C@@H]1C[C@@H]2C[C@H]1C[C@H]2N. The number of nitrogens with zero attached hydrogens (tertiary/aromatic N) is 1. The molecule has 0 saturated heterocycles. The van der Waals surface area contributed by atoms with Crippen LogP contribution in [0.3, 0.4) is 0 Å². The molecule has 0 radical (unpaired) electrons. The number of halogens is 1. The Balaban J connectivity index is 0.000000605. The van der Waals surface area contributed by atoms with Crippen molar-refractivity contribution in [2.45, 2.75) is 25.3 Å². The highest BCUT2D eigenvalue weighted by molar-refractivity contribution is 5.85. The number of fused-ring (bicyclic) bond motifs is 2. The molecule has 2 aliphatic rings. The lowest BCUT2D eigenvalue weighted by molar-refractivity contribution is 0.361. The van der Waals surface area contributed by atoms with Crippen LogP contribution in [0.25, 0.3) is 0 Å². The van der Waals surface area contributed by atoms with Gasteiger partial charge in [0.1, 0.15) is 0 Å². The molecule has 11 heavy (non-hydrogen) atoms. The molecule has 62 valence electrons. The van der Waals surface area contributed by atoms with Crippen LogP contribution in [-0.2, 0) is 0 Å². The maximum atomic E-state index is 8.68. The largest absolute Gasteiger partial charge is 0.327 e. The molecule has 0 heterocycles. The summed E-state index contributed by atoms with van der Waals surface area (Å²) in [5, 5.41) is 8.68. The van der Waals surface area contributed by atoms with E-state index in [2.05, 4.69) is 6.07 Å². The molecule has 0 aliphatic heterocycles. The first-order valence-corrected chi connectivity index (χ1v) is 3.96. The van der Waals surface area contributed by atoms with Crippen LogP contribution >= 0.6 is 12.4 Å². The second-order valence-electron chi connectivity index (χ2n) is 3.63. The summed E-state index contributed by atoms with van der Waals surface area (Å²) in [6.45, 7) is 0. The van der Waals surface area contributed by atoms with Gasteiger partial charge in [-0.2, -0.15) is 5.26 Å². The van der Waals surface area contributed by atoms with Gasteiger partial charge in [0.2, 0.25) is 0 Å². The van der Waals surface area contributed by atoms with Crippen molar-refractivity contribution in [3.05, 3.63) is 0 Å². The summed E-state index contributed by atoms with van der Waals surface area (Å²) in [5.41, 5.74) is 5.83. The minimum Gasteiger partial charge on any atom is -0.327 e. The Labute approximate surface area is 73.2 Å². The van der Waals surface area contributed by atoms with Crippen LogP contribution in [0.2, 0.25) is 0 Å². The van der Waals surface area contributed by atoms with Crippen LogP contribution in [0.5, 0.6) is 0 Å². The lowest BCUT2D eigenvalue weighted by atomic mass is 9.87. The minimum atomic E-state index is 0. The van der Waals surface area contributed by atoms with Gasteiger partial charge in [-0.05, 0) is 31.1 Å². The van der Waals surface area contributed by atoms with Gasteiger partial charge in [-0.1, -0.05) is 0 Å². The molecule has 2 nitrogen and oxygen atoms in total. The van der Waals surface area contributed by atoms with Gasteiger partial charge < -0.3 is 5.73 Å². The first kappa shape index (κ1) is 8.83. The monoisotopic (exact) mass is 172 g/mol. The molecule has 2 N–H and O–H groups in total. The number of hydrogen-bond donors (Lipinski definition) is 1. The third-order valence-electron chi connectivity index (χ3n) is 3.08. The van der Waals surface area contributed by atoms with Gasteiger partial charge in [-0.3, -0.25) is 0 Å². The lowest BCUT2D eigenvalue weighted by Gasteiger charge is -2.19. The van der Waals surface area contributed by atoms with Crippen LogP contribution in [0.15, 0.2) is 0 Å². The van der Waals surface area contributed by atoms with E-state index in [4.69, 9.17) is 11.0 Å². The van der Waals surface area contributed by atoms with Crippen molar-refractivity contribution in [2.75, 3.05) is 0 Å². The third kappa shape index (κ3) is 1.23. The second-order valence-corrected chi connectivity index (χ2v) is 3.63. The summed E-state index contributed by atoms with van der Waals surface area (Å²) < 4.78 is 0. The molecule has 0 amide bonds. The first-order valence-electron chi connectivity index (χ1n) is 3.96. The smallest absolute Gasteiger partial charge is 0.0658 e. The van der Waals surface area contributed by atoms with Gasteiger partial charge in [0.15, 0.2) is 0 Å². The fourth-order valence-corrected chi connectivity index (χ4v) is 2.48. The predicted molar refractivity (Wildman–Crippen MR) is 45.2 cm³/mol. The fraction of sp³-hybridized carbons (Fsp3) is 0.875. The van der Waals surface area contributed by atoms with Gasteiger partial charge in [0, 0.05) is 12.0 Å². The lowest BCUT2D eigenvalue weighted by Crippen LogP contribution is -2.29. The zero-order chi connectivity index (χ0) is 7.14. The molecule has 0 aromatic heterocycles. The van der Waals surface area contributed by atoms with E-state index in [-0.39, 0.29) is 12.4 Å². The van der Waals surface area contributed by atoms with Crippen molar-refractivity contribution in [1.29, 1.82) is 5.26 Å². The molecular weight excluding hydrogens is 160 g/mol. The van der Waals surface area contributed by atoms with Crippen molar-refractivity contribution >= 4 is 12.4 Å². The van der Waals surface area contributed by atoms with E-state index in [1.54, 1.807) is 0 Å². The second kappa shape index (κ2) is 3.00. The zero-order valence-corrected chi connectivity index (χ0v) is 7.18. The molecule has 0 aromatic rings. The molecule has 0 aromatic carbocycles. The molecule has 2 bridgehead atoms. The van der Waals surface area contributed by atoms with Crippen LogP contribution in [-0.4, -0.2) is 6.04 Å². The highest BCUT2D eigenvalue weighted by atomic mass is 35.5. The average molecular weight is 173 g/mol. The van der Waals surface area contributed by atoms with E-state index in [0.29, 0.717) is 23.8 Å². The normalized spacial score (nSPS) is 46.5. The molecule has 2 rings (SSSR count). The number of nitriles is 1. The van der Waals surface area contributed by atoms with Crippen molar-refractivity contribution < 1.29 is 0 Å². The highest BCUT2D eigenvalue weighted by Gasteiger charge is 2.44.